The van der Waals surface area contributed by atoms with Crippen molar-refractivity contribution in [3.63, 3.8) is 0 Å². The highest BCUT2D eigenvalue weighted by Gasteiger charge is 2.40. The zero-order valence-corrected chi connectivity index (χ0v) is 10.4. The fourth-order valence-corrected chi connectivity index (χ4v) is 3.59. The van der Waals surface area contributed by atoms with E-state index in [0.717, 1.165) is 18.4 Å². The van der Waals surface area contributed by atoms with Crippen molar-refractivity contribution in [1.82, 2.24) is 0 Å². The fourth-order valence-electron chi connectivity index (χ4n) is 3.59. The molecule has 3 rings (SSSR count). The zero-order chi connectivity index (χ0) is 11.8. The SMILES string of the molecule is CCCN1c2ccc(C=O)cc2C2CCCC21. The van der Waals surface area contributed by atoms with E-state index in [0.29, 0.717) is 12.0 Å². The summed E-state index contributed by atoms with van der Waals surface area (Å²) < 4.78 is 0. The van der Waals surface area contributed by atoms with Crippen molar-refractivity contribution in [2.45, 2.75) is 44.6 Å². The van der Waals surface area contributed by atoms with Crippen LogP contribution in [0.5, 0.6) is 0 Å². The predicted octanol–water partition coefficient (Wildman–Crippen LogP) is 3.37. The van der Waals surface area contributed by atoms with Crippen LogP contribution in [0.2, 0.25) is 0 Å². The highest BCUT2D eigenvalue weighted by Crippen LogP contribution is 2.49. The van der Waals surface area contributed by atoms with Crippen LogP contribution in [0.3, 0.4) is 0 Å². The average Bonchev–Trinajstić information content (AvgIpc) is 2.92. The lowest BCUT2D eigenvalue weighted by molar-refractivity contribution is 0.112. The lowest BCUT2D eigenvalue weighted by Crippen LogP contribution is -2.31. The largest absolute Gasteiger partial charge is 0.368 e. The van der Waals surface area contributed by atoms with E-state index in [4.69, 9.17) is 0 Å². The number of hydrogen-bond donors (Lipinski definition) is 0. The van der Waals surface area contributed by atoms with Gasteiger partial charge in [0, 0.05) is 29.8 Å². The van der Waals surface area contributed by atoms with Crippen LogP contribution in [0.1, 0.15) is 54.4 Å². The van der Waals surface area contributed by atoms with E-state index in [1.54, 1.807) is 0 Å². The molecule has 0 saturated heterocycles. The molecule has 2 atom stereocenters. The molecule has 1 aromatic carbocycles. The maximum absolute atomic E-state index is 10.9. The Balaban J connectivity index is 2.04. The van der Waals surface area contributed by atoms with Gasteiger partial charge in [0.2, 0.25) is 0 Å². The number of carbonyl (C=O) groups is 1. The van der Waals surface area contributed by atoms with Gasteiger partial charge in [-0.05, 0) is 43.0 Å². The minimum absolute atomic E-state index is 0.677. The average molecular weight is 229 g/mol. The van der Waals surface area contributed by atoms with E-state index < -0.39 is 0 Å². The van der Waals surface area contributed by atoms with Crippen LogP contribution in [-0.4, -0.2) is 18.9 Å². The standard InChI is InChI=1S/C15H19NO/c1-2-8-16-14-5-3-4-12(14)13-9-11(10-17)6-7-15(13)16/h6-7,9-10,12,14H,2-5,8H2,1H3. The molecule has 0 N–H and O–H groups in total. The maximum Gasteiger partial charge on any atom is 0.150 e. The molecule has 17 heavy (non-hydrogen) atoms. The Bertz CT molecular complexity index is 441. The van der Waals surface area contributed by atoms with Gasteiger partial charge in [-0.2, -0.15) is 0 Å². The van der Waals surface area contributed by atoms with Gasteiger partial charge < -0.3 is 4.90 Å². The van der Waals surface area contributed by atoms with Crippen molar-refractivity contribution < 1.29 is 4.79 Å². The number of aldehydes is 1. The summed E-state index contributed by atoms with van der Waals surface area (Å²) in [5, 5.41) is 0. The van der Waals surface area contributed by atoms with Gasteiger partial charge in [-0.25, -0.2) is 0 Å². The van der Waals surface area contributed by atoms with Gasteiger partial charge in [0.05, 0.1) is 0 Å². The summed E-state index contributed by atoms with van der Waals surface area (Å²) >= 11 is 0. The molecule has 1 saturated carbocycles. The van der Waals surface area contributed by atoms with Gasteiger partial charge in [-0.3, -0.25) is 4.79 Å². The third kappa shape index (κ3) is 1.58. The summed E-state index contributed by atoms with van der Waals surface area (Å²) in [6.45, 7) is 3.39. The first kappa shape index (κ1) is 10.8. The highest BCUT2D eigenvalue weighted by molar-refractivity contribution is 5.78. The second-order valence-electron chi connectivity index (χ2n) is 5.23. The maximum atomic E-state index is 10.9. The first-order chi connectivity index (χ1) is 8.35. The van der Waals surface area contributed by atoms with Crippen molar-refractivity contribution in [2.24, 2.45) is 0 Å². The second-order valence-corrected chi connectivity index (χ2v) is 5.23. The molecule has 0 spiro atoms. The van der Waals surface area contributed by atoms with Gasteiger partial charge in [-0.1, -0.05) is 13.3 Å². The summed E-state index contributed by atoms with van der Waals surface area (Å²) in [4.78, 5) is 13.5. The Labute approximate surface area is 103 Å². The fraction of sp³-hybridized carbons (Fsp3) is 0.533. The first-order valence-corrected chi connectivity index (χ1v) is 6.71. The first-order valence-electron chi connectivity index (χ1n) is 6.71. The monoisotopic (exact) mass is 229 g/mol. The lowest BCUT2D eigenvalue weighted by atomic mass is 9.96. The summed E-state index contributed by atoms with van der Waals surface area (Å²) in [7, 11) is 0. The van der Waals surface area contributed by atoms with Crippen LogP contribution in [0, 0.1) is 0 Å². The predicted molar refractivity (Wildman–Crippen MR) is 69.8 cm³/mol. The molecule has 2 nitrogen and oxygen atoms in total. The van der Waals surface area contributed by atoms with Crippen LogP contribution in [0.4, 0.5) is 5.69 Å². The Kier molecular flexibility index (Phi) is 2.65. The number of hydrogen-bond acceptors (Lipinski definition) is 2. The quantitative estimate of drug-likeness (QED) is 0.741. The van der Waals surface area contributed by atoms with Crippen LogP contribution in [-0.2, 0) is 0 Å². The Morgan fingerprint density at radius 1 is 1.41 bits per heavy atom. The third-order valence-electron chi connectivity index (χ3n) is 4.24. The normalized spacial score (nSPS) is 25.8. The Morgan fingerprint density at radius 3 is 3.06 bits per heavy atom. The number of carbonyl (C=O) groups excluding carboxylic acids is 1. The molecule has 1 aromatic rings. The lowest BCUT2D eigenvalue weighted by Gasteiger charge is -2.26. The van der Waals surface area contributed by atoms with E-state index in [1.165, 1.54) is 36.9 Å². The summed E-state index contributed by atoms with van der Waals surface area (Å²) in [6.07, 6.45) is 6.10. The molecule has 2 unspecified atom stereocenters. The van der Waals surface area contributed by atoms with Crippen molar-refractivity contribution in [3.8, 4) is 0 Å². The number of benzene rings is 1. The number of nitrogens with zero attached hydrogens (tertiary/aromatic N) is 1. The van der Waals surface area contributed by atoms with Crippen molar-refractivity contribution in [2.75, 3.05) is 11.4 Å². The summed E-state index contributed by atoms with van der Waals surface area (Å²) in [5.74, 6) is 0.677. The molecule has 0 amide bonds. The zero-order valence-electron chi connectivity index (χ0n) is 10.4. The van der Waals surface area contributed by atoms with E-state index in [2.05, 4.69) is 24.0 Å². The van der Waals surface area contributed by atoms with Crippen molar-refractivity contribution in [3.05, 3.63) is 29.3 Å². The molecule has 0 radical (unpaired) electrons. The molecule has 2 heteroatoms. The van der Waals surface area contributed by atoms with Crippen LogP contribution in [0.15, 0.2) is 18.2 Å². The van der Waals surface area contributed by atoms with Crippen molar-refractivity contribution in [1.29, 1.82) is 0 Å². The molecular formula is C15H19NO. The van der Waals surface area contributed by atoms with E-state index in [-0.39, 0.29) is 0 Å². The molecule has 1 aliphatic carbocycles. The molecular weight excluding hydrogens is 210 g/mol. The van der Waals surface area contributed by atoms with Crippen molar-refractivity contribution >= 4 is 12.0 Å². The smallest absolute Gasteiger partial charge is 0.150 e. The highest BCUT2D eigenvalue weighted by atomic mass is 16.1. The second kappa shape index (κ2) is 4.17. The number of rotatable bonds is 3. The van der Waals surface area contributed by atoms with E-state index in [9.17, 15) is 4.79 Å². The van der Waals surface area contributed by atoms with Crippen LogP contribution >= 0.6 is 0 Å². The number of fused-ring (bicyclic) bond motifs is 3. The van der Waals surface area contributed by atoms with E-state index >= 15 is 0 Å². The van der Waals surface area contributed by atoms with Crippen LogP contribution in [0.25, 0.3) is 0 Å². The summed E-state index contributed by atoms with van der Waals surface area (Å²) in [6, 6.07) is 6.91. The van der Waals surface area contributed by atoms with Gasteiger partial charge in [0.25, 0.3) is 0 Å². The van der Waals surface area contributed by atoms with Gasteiger partial charge >= 0.3 is 0 Å². The van der Waals surface area contributed by atoms with Gasteiger partial charge in [-0.15, -0.1) is 0 Å². The minimum atomic E-state index is 0.677. The molecule has 2 aliphatic rings. The van der Waals surface area contributed by atoms with E-state index in [1.807, 2.05) is 6.07 Å². The molecule has 0 aromatic heterocycles. The van der Waals surface area contributed by atoms with Gasteiger partial charge in [0.15, 0.2) is 0 Å². The molecule has 90 valence electrons. The Morgan fingerprint density at radius 2 is 2.29 bits per heavy atom. The van der Waals surface area contributed by atoms with Crippen LogP contribution < -0.4 is 4.90 Å². The topological polar surface area (TPSA) is 20.3 Å². The Hall–Kier alpha value is -1.31. The molecule has 0 bridgehead atoms. The van der Waals surface area contributed by atoms with Gasteiger partial charge in [0.1, 0.15) is 6.29 Å². The number of anilines is 1. The molecule has 1 aliphatic heterocycles. The summed E-state index contributed by atoms with van der Waals surface area (Å²) in [5.41, 5.74) is 3.63. The third-order valence-corrected chi connectivity index (χ3v) is 4.24. The minimum Gasteiger partial charge on any atom is -0.368 e. The molecule has 1 heterocycles. The molecule has 1 fully saturated rings.